The number of methoxy groups -OCH3 is 2. The third-order valence-electron chi connectivity index (χ3n) is 5.87. The lowest BCUT2D eigenvalue weighted by atomic mass is 9.96. The zero-order chi connectivity index (χ0) is 27.7. The van der Waals surface area contributed by atoms with Gasteiger partial charge in [-0.2, -0.15) is 0 Å². The van der Waals surface area contributed by atoms with Gasteiger partial charge in [-0.15, -0.1) is 0 Å². The van der Waals surface area contributed by atoms with Crippen LogP contribution in [0.15, 0.2) is 96.1 Å². The van der Waals surface area contributed by atoms with Gasteiger partial charge in [0.05, 0.1) is 25.3 Å². The molecular weight excluding hydrogens is 497 g/mol. The summed E-state index contributed by atoms with van der Waals surface area (Å²) >= 11 is 0. The van der Waals surface area contributed by atoms with E-state index < -0.39 is 7.25 Å². The Morgan fingerprint density at radius 1 is 0.684 bits per heavy atom. The van der Waals surface area contributed by atoms with Crippen molar-refractivity contribution in [3.05, 3.63) is 107 Å². The van der Waals surface area contributed by atoms with Crippen LogP contribution in [0.5, 0.6) is 11.5 Å². The number of hydrogen-bond donors (Lipinski definition) is 0. The van der Waals surface area contributed by atoms with E-state index in [1.807, 2.05) is 48.5 Å². The van der Waals surface area contributed by atoms with Crippen molar-refractivity contribution >= 4 is 24.5 Å². The van der Waals surface area contributed by atoms with Gasteiger partial charge in [0.25, 0.3) is 0 Å². The van der Waals surface area contributed by atoms with Crippen molar-refractivity contribution < 1.29 is 36.0 Å². The maximum atomic E-state index is 9.75. The van der Waals surface area contributed by atoms with Crippen LogP contribution in [0.25, 0.3) is 11.5 Å². The van der Waals surface area contributed by atoms with Crippen LogP contribution in [-0.2, 0) is 4.74 Å². The first-order chi connectivity index (χ1) is 18.2. The maximum Gasteiger partial charge on any atom is 0.673 e. The van der Waals surface area contributed by atoms with Gasteiger partial charge < -0.3 is 31.5 Å². The number of nitrogens with zero attached hydrogens (tertiary/aromatic N) is 1. The van der Waals surface area contributed by atoms with Crippen molar-refractivity contribution in [3.63, 3.8) is 0 Å². The quantitative estimate of drug-likeness (QED) is 0.224. The van der Waals surface area contributed by atoms with Crippen molar-refractivity contribution in [2.75, 3.05) is 27.3 Å². The molecule has 2 aromatic carbocycles. The Labute approximate surface area is 220 Å². The summed E-state index contributed by atoms with van der Waals surface area (Å²) in [4.78, 5) is 0. The van der Waals surface area contributed by atoms with Gasteiger partial charge in [0.2, 0.25) is 0 Å². The van der Waals surface area contributed by atoms with Crippen LogP contribution in [0, 0.1) is 0 Å². The van der Waals surface area contributed by atoms with Gasteiger partial charge in [-0.25, -0.2) is 4.58 Å². The highest BCUT2D eigenvalue weighted by atomic mass is 19.5. The topological polar surface area (TPSA) is 30.7 Å². The molecule has 0 N–H and O–H groups in total. The van der Waals surface area contributed by atoms with E-state index in [2.05, 4.69) is 54.9 Å². The van der Waals surface area contributed by atoms with Crippen molar-refractivity contribution in [1.82, 2.24) is 0 Å². The van der Waals surface area contributed by atoms with Gasteiger partial charge in [0.1, 0.15) is 36.1 Å². The first kappa shape index (κ1) is 28.6. The minimum atomic E-state index is -6.00. The second kappa shape index (κ2) is 13.0. The first-order valence-corrected chi connectivity index (χ1v) is 12.2. The van der Waals surface area contributed by atoms with E-state index in [-0.39, 0.29) is 0 Å². The highest BCUT2D eigenvalue weighted by Crippen LogP contribution is 2.39. The average molecular weight is 527 g/mol. The monoisotopic (exact) mass is 527 g/mol. The summed E-state index contributed by atoms with van der Waals surface area (Å²) in [5.74, 6) is 3.00. The van der Waals surface area contributed by atoms with E-state index in [1.54, 1.807) is 14.2 Å². The van der Waals surface area contributed by atoms with E-state index in [0.29, 0.717) is 0 Å². The summed E-state index contributed by atoms with van der Waals surface area (Å²) in [7, 11) is -2.65. The zero-order valence-corrected chi connectivity index (χ0v) is 21.8. The summed E-state index contributed by atoms with van der Waals surface area (Å²) in [6.45, 7) is 6.32. The van der Waals surface area contributed by atoms with Crippen LogP contribution in [0.3, 0.4) is 0 Å². The minimum absolute atomic E-state index is 0.735. The van der Waals surface area contributed by atoms with Crippen LogP contribution >= 0.6 is 0 Å². The van der Waals surface area contributed by atoms with Gasteiger partial charge in [0, 0.05) is 12.2 Å². The Morgan fingerprint density at radius 2 is 1.11 bits per heavy atom. The first-order valence-electron chi connectivity index (χ1n) is 12.2. The molecule has 0 radical (unpaired) electrons. The lowest BCUT2D eigenvalue weighted by Gasteiger charge is -2.22. The molecule has 2 aliphatic rings. The second-order valence-electron chi connectivity index (χ2n) is 8.19. The van der Waals surface area contributed by atoms with Crippen molar-refractivity contribution in [3.8, 4) is 11.5 Å². The fourth-order valence-electron chi connectivity index (χ4n) is 4.08. The lowest BCUT2D eigenvalue weighted by Crippen LogP contribution is -2.19. The molecule has 0 unspecified atom stereocenters. The molecule has 0 saturated heterocycles. The molecule has 1 heterocycles. The third kappa shape index (κ3) is 7.51. The summed E-state index contributed by atoms with van der Waals surface area (Å²) in [6, 6.07) is 15.8. The van der Waals surface area contributed by atoms with Gasteiger partial charge in [-0.05, 0) is 73.6 Å². The molecular formula is C29H30BF4NO3. The molecule has 0 amide bonds. The number of allylic oxidation sites excluding steroid dienone is 8. The second-order valence-corrected chi connectivity index (χ2v) is 8.19. The number of benzene rings is 2. The van der Waals surface area contributed by atoms with Crippen molar-refractivity contribution in [2.24, 2.45) is 0 Å². The normalized spacial score (nSPS) is 14.7. The Morgan fingerprint density at radius 3 is 1.50 bits per heavy atom. The number of halogens is 4. The molecule has 0 saturated carbocycles. The molecule has 9 heteroatoms. The van der Waals surface area contributed by atoms with Crippen LogP contribution in [0.4, 0.5) is 17.3 Å². The lowest BCUT2D eigenvalue weighted by molar-refractivity contribution is -0.519. The Balaban J connectivity index is 0.000000732. The maximum absolute atomic E-state index is 9.75. The summed E-state index contributed by atoms with van der Waals surface area (Å²) in [5, 5.41) is 0. The van der Waals surface area contributed by atoms with Crippen molar-refractivity contribution in [1.29, 1.82) is 0 Å². The van der Waals surface area contributed by atoms with Crippen LogP contribution < -0.4 is 9.47 Å². The molecule has 0 bridgehead atoms. The number of para-hydroxylation sites is 2. The molecule has 4 rings (SSSR count). The third-order valence-corrected chi connectivity index (χ3v) is 5.87. The van der Waals surface area contributed by atoms with Crippen LogP contribution in [0.2, 0.25) is 0 Å². The summed E-state index contributed by atoms with van der Waals surface area (Å²) in [6.07, 6.45) is 12.8. The summed E-state index contributed by atoms with van der Waals surface area (Å²) < 4.78 is 59.0. The molecule has 0 atom stereocenters. The molecule has 1 aliphatic heterocycles. The van der Waals surface area contributed by atoms with E-state index in [4.69, 9.17) is 14.2 Å². The molecule has 0 aromatic heterocycles. The summed E-state index contributed by atoms with van der Waals surface area (Å²) in [5.41, 5.74) is 5.21. The van der Waals surface area contributed by atoms with Gasteiger partial charge in [-0.3, -0.25) is 0 Å². The SMILES string of the molecule is CC[N+](CC)=C1C=CC(=C2C=C(c3ccccc3OC)OC(c3ccccc3OC)=C2)C=C1.F[B-](F)(F)F. The Hall–Kier alpha value is -4.01. The fourth-order valence-corrected chi connectivity index (χ4v) is 4.08. The van der Waals surface area contributed by atoms with Crippen LogP contribution in [0.1, 0.15) is 25.0 Å². The van der Waals surface area contributed by atoms with E-state index in [9.17, 15) is 17.3 Å². The molecule has 1 aliphatic carbocycles. The highest BCUT2D eigenvalue weighted by Gasteiger charge is 2.22. The molecule has 0 spiro atoms. The fraction of sp³-hybridized carbons (Fsp3) is 0.207. The molecule has 2 aromatic rings. The van der Waals surface area contributed by atoms with Gasteiger partial charge >= 0.3 is 7.25 Å². The largest absolute Gasteiger partial charge is 0.673 e. The van der Waals surface area contributed by atoms with Gasteiger partial charge in [0.15, 0.2) is 5.71 Å². The predicted molar refractivity (Wildman–Crippen MR) is 145 cm³/mol. The average Bonchev–Trinajstić information content (AvgIpc) is 2.93. The standard InChI is InChI=1S/C29H30NO3.BF4/c1-5-30(6-2)23-17-15-21(16-18-23)22-19-28(24-11-7-9-13-26(24)31-3)33-29(20-22)25-12-8-10-14-27(25)32-4;2-1(3,4)5/h7-20H,5-6H2,1-4H3;/q+1;-1. The molecule has 4 nitrogen and oxygen atoms in total. The smallest absolute Gasteiger partial charge is 0.496 e. The minimum Gasteiger partial charge on any atom is -0.496 e. The van der Waals surface area contributed by atoms with E-state index in [0.717, 1.165) is 58.4 Å². The number of ether oxygens (including phenoxy) is 3. The molecule has 200 valence electrons. The molecule has 0 fully saturated rings. The highest BCUT2D eigenvalue weighted by molar-refractivity contribution is 6.50. The van der Waals surface area contributed by atoms with Crippen molar-refractivity contribution in [2.45, 2.75) is 13.8 Å². The Bertz CT molecular complexity index is 1240. The predicted octanol–water partition coefficient (Wildman–Crippen LogP) is 7.33. The van der Waals surface area contributed by atoms with Crippen LogP contribution in [-0.4, -0.2) is 44.9 Å². The van der Waals surface area contributed by atoms with E-state index >= 15 is 0 Å². The number of rotatable bonds is 6. The van der Waals surface area contributed by atoms with E-state index in [1.165, 1.54) is 5.71 Å². The van der Waals surface area contributed by atoms with Gasteiger partial charge in [-0.1, -0.05) is 24.3 Å². The zero-order valence-electron chi connectivity index (χ0n) is 21.8. The molecule has 38 heavy (non-hydrogen) atoms. The number of hydrogen-bond acceptors (Lipinski definition) is 3. The Kier molecular flexibility index (Phi) is 9.76.